The monoisotopic (exact) mass is 401 g/mol. The number of aromatic nitrogens is 1. The van der Waals surface area contributed by atoms with Crippen LogP contribution >= 0.6 is 11.3 Å². The smallest absolute Gasteiger partial charge is 0.312 e. The van der Waals surface area contributed by atoms with Crippen LogP contribution in [0.25, 0.3) is 0 Å². The largest absolute Gasteiger partial charge is 0.352 e. The number of hydrogen-bond acceptors (Lipinski definition) is 5. The van der Waals surface area contributed by atoms with Gasteiger partial charge in [0, 0.05) is 30.9 Å². The predicted octanol–water partition coefficient (Wildman–Crippen LogP) is 2.72. The second kappa shape index (κ2) is 9.16. The normalized spacial score (nSPS) is 15.1. The van der Waals surface area contributed by atoms with E-state index in [-0.39, 0.29) is 11.8 Å². The number of rotatable bonds is 7. The molecule has 1 aromatic carbocycles. The Labute approximate surface area is 169 Å². The molecule has 2 heterocycles. The molecule has 0 bridgehead atoms. The molecule has 0 radical (unpaired) electrons. The summed E-state index contributed by atoms with van der Waals surface area (Å²) in [6.07, 6.45) is 1.38. The van der Waals surface area contributed by atoms with Gasteiger partial charge in [0.25, 0.3) is 0 Å². The minimum Gasteiger partial charge on any atom is -0.352 e. The van der Waals surface area contributed by atoms with Gasteiger partial charge in [-0.15, -0.1) is 11.3 Å². The van der Waals surface area contributed by atoms with Crippen LogP contribution in [-0.4, -0.2) is 34.4 Å². The number of nitrogens with two attached hydrogens (primary N) is 1. The Morgan fingerprint density at radius 1 is 1.29 bits per heavy atom. The highest BCUT2D eigenvalue weighted by Crippen LogP contribution is 2.29. The summed E-state index contributed by atoms with van der Waals surface area (Å²) in [7, 11) is 0. The minimum absolute atomic E-state index is 0.249. The summed E-state index contributed by atoms with van der Waals surface area (Å²) < 4.78 is 0. The molecule has 3 amide bonds. The van der Waals surface area contributed by atoms with Crippen molar-refractivity contribution in [2.75, 3.05) is 11.9 Å². The number of fused-ring (bicyclic) bond motifs is 1. The summed E-state index contributed by atoms with van der Waals surface area (Å²) in [5.41, 5.74) is 7.55. The quantitative estimate of drug-likeness (QED) is 0.664. The van der Waals surface area contributed by atoms with Crippen LogP contribution in [-0.2, 0) is 24.3 Å². The number of nitrogens with zero attached hydrogens (tertiary/aromatic N) is 2. The maximum Gasteiger partial charge on any atom is 0.312 e. The molecule has 1 aliphatic heterocycles. The van der Waals surface area contributed by atoms with Crippen molar-refractivity contribution in [1.29, 1.82) is 0 Å². The summed E-state index contributed by atoms with van der Waals surface area (Å²) >= 11 is 1.50. The zero-order valence-corrected chi connectivity index (χ0v) is 17.1. The van der Waals surface area contributed by atoms with Gasteiger partial charge in [0.15, 0.2) is 5.13 Å². The number of benzene rings is 1. The number of urea groups is 1. The van der Waals surface area contributed by atoms with E-state index < -0.39 is 12.1 Å². The van der Waals surface area contributed by atoms with Crippen molar-refractivity contribution in [2.45, 2.75) is 45.8 Å². The van der Waals surface area contributed by atoms with Crippen LogP contribution in [0.4, 0.5) is 9.93 Å². The molecule has 0 saturated heterocycles. The molecule has 28 heavy (non-hydrogen) atoms. The first-order chi connectivity index (χ1) is 13.4. The van der Waals surface area contributed by atoms with E-state index in [1.165, 1.54) is 21.8 Å². The van der Waals surface area contributed by atoms with Gasteiger partial charge in [0.1, 0.15) is 6.04 Å². The number of carbonyl (C=O) groups excluding carboxylic acids is 2. The lowest BCUT2D eigenvalue weighted by Gasteiger charge is -2.25. The first-order valence-electron chi connectivity index (χ1n) is 9.52. The third-order valence-corrected chi connectivity index (χ3v) is 5.63. The van der Waals surface area contributed by atoms with Crippen LogP contribution in [0.3, 0.4) is 0 Å². The van der Waals surface area contributed by atoms with E-state index in [1.807, 2.05) is 19.9 Å². The van der Waals surface area contributed by atoms with Crippen LogP contribution in [0.2, 0.25) is 0 Å². The van der Waals surface area contributed by atoms with Crippen molar-refractivity contribution in [1.82, 2.24) is 15.2 Å². The number of amides is 3. The van der Waals surface area contributed by atoms with Crippen molar-refractivity contribution in [3.8, 4) is 0 Å². The maximum absolute atomic E-state index is 12.6. The highest BCUT2D eigenvalue weighted by molar-refractivity contribution is 7.15. The third kappa shape index (κ3) is 5.53. The van der Waals surface area contributed by atoms with Gasteiger partial charge in [-0.2, -0.15) is 0 Å². The molecular weight excluding hydrogens is 374 g/mol. The molecule has 1 aliphatic rings. The number of carbonyl (C=O) groups is 2. The maximum atomic E-state index is 12.6. The molecule has 1 unspecified atom stereocenters. The van der Waals surface area contributed by atoms with E-state index in [1.54, 1.807) is 0 Å². The van der Waals surface area contributed by atoms with Crippen LogP contribution < -0.4 is 16.4 Å². The first-order valence-corrected chi connectivity index (χ1v) is 10.3. The van der Waals surface area contributed by atoms with Crippen molar-refractivity contribution in [2.24, 2.45) is 11.7 Å². The summed E-state index contributed by atoms with van der Waals surface area (Å²) in [4.78, 5) is 31.9. The van der Waals surface area contributed by atoms with Crippen LogP contribution in [0.5, 0.6) is 0 Å². The average molecular weight is 402 g/mol. The van der Waals surface area contributed by atoms with E-state index in [0.717, 1.165) is 31.7 Å². The molecule has 7 nitrogen and oxygen atoms in total. The molecule has 1 atom stereocenters. The van der Waals surface area contributed by atoms with Gasteiger partial charge >= 0.3 is 6.03 Å². The van der Waals surface area contributed by atoms with Gasteiger partial charge in [-0.05, 0) is 17.9 Å². The number of hydrogen-bond donors (Lipinski definition) is 3. The van der Waals surface area contributed by atoms with E-state index in [2.05, 4.69) is 44.8 Å². The molecule has 0 aliphatic carbocycles. The zero-order chi connectivity index (χ0) is 20.1. The van der Waals surface area contributed by atoms with Crippen molar-refractivity contribution >= 4 is 28.4 Å². The van der Waals surface area contributed by atoms with Gasteiger partial charge in [-0.1, -0.05) is 44.2 Å². The Balaban J connectivity index is 1.63. The molecule has 1 aromatic heterocycles. The molecule has 0 fully saturated rings. The lowest BCUT2D eigenvalue weighted by Crippen LogP contribution is -2.46. The van der Waals surface area contributed by atoms with E-state index in [0.29, 0.717) is 11.6 Å². The molecule has 3 rings (SSSR count). The number of anilines is 1. The van der Waals surface area contributed by atoms with Crippen molar-refractivity contribution in [3.05, 3.63) is 46.5 Å². The molecule has 0 spiro atoms. The fraction of sp³-hybridized carbons (Fsp3) is 0.450. The topological polar surface area (TPSA) is 100 Å². The molecular formula is C20H27N5O2S. The molecule has 4 N–H and O–H groups in total. The Hall–Kier alpha value is -2.45. The summed E-state index contributed by atoms with van der Waals surface area (Å²) in [5, 5.41) is 5.96. The Morgan fingerprint density at radius 2 is 2.04 bits per heavy atom. The van der Waals surface area contributed by atoms with Crippen LogP contribution in [0, 0.1) is 5.92 Å². The highest BCUT2D eigenvalue weighted by atomic mass is 32.1. The molecule has 8 heteroatoms. The second-order valence-electron chi connectivity index (χ2n) is 7.52. The Bertz CT molecular complexity index is 821. The predicted molar refractivity (Wildman–Crippen MR) is 111 cm³/mol. The van der Waals surface area contributed by atoms with Crippen molar-refractivity contribution in [3.63, 3.8) is 0 Å². The van der Waals surface area contributed by atoms with Gasteiger partial charge in [0.2, 0.25) is 5.91 Å². The van der Waals surface area contributed by atoms with E-state index in [9.17, 15) is 9.59 Å². The Morgan fingerprint density at radius 3 is 2.71 bits per heavy atom. The van der Waals surface area contributed by atoms with Crippen LogP contribution in [0.1, 0.15) is 36.4 Å². The molecule has 0 saturated carbocycles. The molecule has 150 valence electrons. The molecule has 2 aromatic rings. The summed E-state index contributed by atoms with van der Waals surface area (Å²) in [6, 6.07) is 9.04. The Kier molecular flexibility index (Phi) is 6.64. The average Bonchev–Trinajstić information content (AvgIpc) is 3.02. The number of nitrogens with one attached hydrogen (secondary N) is 2. The van der Waals surface area contributed by atoms with Gasteiger partial charge in [-0.25, -0.2) is 9.78 Å². The SMILES string of the molecule is CC(C)CC(NC(N)=O)C(=O)Nc1nc2c(s1)CN(Cc1ccccc1)CC2. The minimum atomic E-state index is -0.698. The highest BCUT2D eigenvalue weighted by Gasteiger charge is 2.25. The van der Waals surface area contributed by atoms with Gasteiger partial charge < -0.3 is 16.4 Å². The second-order valence-corrected chi connectivity index (χ2v) is 8.60. The van der Waals surface area contributed by atoms with Gasteiger partial charge in [-0.3, -0.25) is 9.69 Å². The zero-order valence-electron chi connectivity index (χ0n) is 16.3. The first kappa shape index (κ1) is 20.3. The van der Waals surface area contributed by atoms with Crippen LogP contribution in [0.15, 0.2) is 30.3 Å². The van der Waals surface area contributed by atoms with Crippen molar-refractivity contribution < 1.29 is 9.59 Å². The third-order valence-electron chi connectivity index (χ3n) is 4.63. The lowest BCUT2D eigenvalue weighted by atomic mass is 10.0. The lowest BCUT2D eigenvalue weighted by molar-refractivity contribution is -0.118. The standard InChI is InChI=1S/C20H27N5O2S/c1-13(2)10-16(22-19(21)27)18(26)24-20-23-15-8-9-25(12-17(15)28-20)11-14-6-4-3-5-7-14/h3-7,13,16H,8-12H2,1-2H3,(H3,21,22,27)(H,23,24,26). The van der Waals surface area contributed by atoms with E-state index >= 15 is 0 Å². The fourth-order valence-electron chi connectivity index (χ4n) is 3.35. The fourth-order valence-corrected chi connectivity index (χ4v) is 4.40. The summed E-state index contributed by atoms with van der Waals surface area (Å²) in [6.45, 7) is 6.66. The number of thiazole rings is 1. The summed E-state index contributed by atoms with van der Waals surface area (Å²) in [5.74, 6) is -0.0293. The number of primary amides is 1. The van der Waals surface area contributed by atoms with E-state index in [4.69, 9.17) is 5.73 Å². The van der Waals surface area contributed by atoms with Gasteiger partial charge in [0.05, 0.1) is 5.69 Å².